The van der Waals surface area contributed by atoms with Gasteiger partial charge >= 0.3 is 0 Å². The van der Waals surface area contributed by atoms with Gasteiger partial charge in [-0.2, -0.15) is 0 Å². The van der Waals surface area contributed by atoms with Crippen LogP contribution in [-0.4, -0.2) is 53.7 Å². The van der Waals surface area contributed by atoms with Crippen LogP contribution in [0.5, 0.6) is 0 Å². The molecule has 2 aliphatic heterocycles. The van der Waals surface area contributed by atoms with Crippen LogP contribution in [0.15, 0.2) is 48.4 Å². The number of likely N-dealkylation sites (tertiary alicyclic amines) is 1. The standard InChI is InChI=1S/C24H27N3O3S/c1-3-10-27-23(29)18-7-6-17(14-19(18)24(27)30)22(28)25-15-20(21-5-4-13-31-21)26-11-8-16(2)9-12-26/h3-7,13-14,16,20H,1,8-12,15H2,2H3,(H,25,28). The zero-order valence-corrected chi connectivity index (χ0v) is 18.5. The number of carbonyl (C=O) groups excluding carboxylic acids is 3. The second-order valence-corrected chi connectivity index (χ2v) is 9.21. The summed E-state index contributed by atoms with van der Waals surface area (Å²) >= 11 is 1.71. The Kier molecular flexibility index (Phi) is 6.34. The summed E-state index contributed by atoms with van der Waals surface area (Å²) in [6, 6.07) is 9.00. The van der Waals surface area contributed by atoms with E-state index in [2.05, 4.69) is 35.2 Å². The van der Waals surface area contributed by atoms with Crippen molar-refractivity contribution in [2.75, 3.05) is 26.2 Å². The first-order valence-electron chi connectivity index (χ1n) is 10.7. The molecule has 1 aromatic carbocycles. The molecule has 0 bridgehead atoms. The fraction of sp³-hybridized carbons (Fsp3) is 0.375. The molecule has 31 heavy (non-hydrogen) atoms. The minimum absolute atomic E-state index is 0.136. The Bertz CT molecular complexity index is 994. The number of imide groups is 1. The molecule has 1 saturated heterocycles. The van der Waals surface area contributed by atoms with E-state index in [-0.39, 0.29) is 35.9 Å². The van der Waals surface area contributed by atoms with Crippen molar-refractivity contribution in [3.05, 3.63) is 69.9 Å². The number of nitrogens with one attached hydrogen (secondary N) is 1. The Hall–Kier alpha value is -2.77. The maximum Gasteiger partial charge on any atom is 0.261 e. The van der Waals surface area contributed by atoms with Gasteiger partial charge in [0.15, 0.2) is 0 Å². The molecule has 4 rings (SSSR count). The zero-order chi connectivity index (χ0) is 22.0. The lowest BCUT2D eigenvalue weighted by Gasteiger charge is -2.36. The highest BCUT2D eigenvalue weighted by molar-refractivity contribution is 7.10. The van der Waals surface area contributed by atoms with Crippen molar-refractivity contribution in [2.45, 2.75) is 25.8 Å². The molecule has 0 spiro atoms. The predicted octanol–water partition coefficient (Wildman–Crippen LogP) is 3.73. The maximum absolute atomic E-state index is 12.9. The van der Waals surface area contributed by atoms with Crippen molar-refractivity contribution in [1.82, 2.24) is 15.1 Å². The molecular formula is C24H27N3O3S. The fourth-order valence-electron chi connectivity index (χ4n) is 4.25. The first kappa shape index (κ1) is 21.5. The van der Waals surface area contributed by atoms with E-state index in [1.54, 1.807) is 23.5 Å². The SMILES string of the molecule is C=CCN1C(=O)c2ccc(C(=O)NCC(c3cccs3)N3CCC(C)CC3)cc2C1=O. The number of amides is 3. The average Bonchev–Trinajstić information content (AvgIpc) is 3.39. The number of nitrogens with zero attached hydrogens (tertiary/aromatic N) is 2. The van der Waals surface area contributed by atoms with Gasteiger partial charge in [0.25, 0.3) is 17.7 Å². The van der Waals surface area contributed by atoms with Crippen molar-refractivity contribution in [3.63, 3.8) is 0 Å². The number of carbonyl (C=O) groups is 3. The van der Waals surface area contributed by atoms with E-state index in [1.165, 1.54) is 17.0 Å². The minimum atomic E-state index is -0.381. The van der Waals surface area contributed by atoms with Gasteiger partial charge in [-0.05, 0) is 61.5 Å². The highest BCUT2D eigenvalue weighted by Gasteiger charge is 2.35. The van der Waals surface area contributed by atoms with Crippen LogP contribution < -0.4 is 5.32 Å². The Morgan fingerprint density at radius 1 is 1.23 bits per heavy atom. The van der Waals surface area contributed by atoms with Crippen molar-refractivity contribution in [2.24, 2.45) is 5.92 Å². The van der Waals surface area contributed by atoms with Crippen LogP contribution >= 0.6 is 11.3 Å². The molecule has 2 aliphatic rings. The summed E-state index contributed by atoms with van der Waals surface area (Å²) in [5.74, 6) is -0.225. The van der Waals surface area contributed by atoms with Gasteiger partial charge in [-0.3, -0.25) is 24.2 Å². The van der Waals surface area contributed by atoms with Gasteiger partial charge < -0.3 is 5.32 Å². The molecule has 3 heterocycles. The molecule has 2 aromatic rings. The molecule has 1 fully saturated rings. The summed E-state index contributed by atoms with van der Waals surface area (Å²) < 4.78 is 0. The summed E-state index contributed by atoms with van der Waals surface area (Å²) in [5.41, 5.74) is 0.999. The van der Waals surface area contributed by atoms with E-state index < -0.39 is 0 Å². The summed E-state index contributed by atoms with van der Waals surface area (Å²) in [7, 11) is 0. The summed E-state index contributed by atoms with van der Waals surface area (Å²) in [6.45, 7) is 8.58. The van der Waals surface area contributed by atoms with Crippen molar-refractivity contribution in [1.29, 1.82) is 0 Å². The van der Waals surface area contributed by atoms with E-state index in [9.17, 15) is 14.4 Å². The molecule has 1 atom stereocenters. The number of rotatable bonds is 7. The molecule has 3 amide bonds. The lowest BCUT2D eigenvalue weighted by molar-refractivity contribution is 0.0672. The molecule has 1 unspecified atom stereocenters. The molecule has 6 nitrogen and oxygen atoms in total. The number of benzene rings is 1. The van der Waals surface area contributed by atoms with Gasteiger partial charge in [-0.1, -0.05) is 19.1 Å². The van der Waals surface area contributed by atoms with Crippen LogP contribution in [-0.2, 0) is 0 Å². The van der Waals surface area contributed by atoms with E-state index in [0.717, 1.165) is 36.7 Å². The zero-order valence-electron chi connectivity index (χ0n) is 17.7. The minimum Gasteiger partial charge on any atom is -0.350 e. The Morgan fingerprint density at radius 3 is 2.65 bits per heavy atom. The number of thiophene rings is 1. The lowest BCUT2D eigenvalue weighted by Crippen LogP contribution is -2.41. The second kappa shape index (κ2) is 9.16. The highest BCUT2D eigenvalue weighted by Crippen LogP contribution is 2.29. The average molecular weight is 438 g/mol. The Morgan fingerprint density at radius 2 is 1.97 bits per heavy atom. The van der Waals surface area contributed by atoms with Gasteiger partial charge in [-0.25, -0.2) is 0 Å². The fourth-order valence-corrected chi connectivity index (χ4v) is 5.11. The first-order valence-corrected chi connectivity index (χ1v) is 11.5. The van der Waals surface area contributed by atoms with Gasteiger partial charge in [0.2, 0.25) is 0 Å². The summed E-state index contributed by atoms with van der Waals surface area (Å²) in [5, 5.41) is 5.11. The molecule has 1 aromatic heterocycles. The summed E-state index contributed by atoms with van der Waals surface area (Å²) in [6.07, 6.45) is 3.84. The third-order valence-corrected chi connectivity index (χ3v) is 7.10. The van der Waals surface area contributed by atoms with Crippen molar-refractivity contribution in [3.8, 4) is 0 Å². The smallest absolute Gasteiger partial charge is 0.261 e. The van der Waals surface area contributed by atoms with Gasteiger partial charge in [0.05, 0.1) is 17.2 Å². The molecule has 1 N–H and O–H groups in total. The Balaban J connectivity index is 1.47. The van der Waals surface area contributed by atoms with E-state index in [0.29, 0.717) is 17.7 Å². The third-order valence-electron chi connectivity index (χ3n) is 6.13. The van der Waals surface area contributed by atoms with E-state index in [4.69, 9.17) is 0 Å². The van der Waals surface area contributed by atoms with Gasteiger partial charge in [0, 0.05) is 23.5 Å². The van der Waals surface area contributed by atoms with Crippen LogP contribution in [0.3, 0.4) is 0 Å². The molecule has 0 saturated carbocycles. The molecule has 0 radical (unpaired) electrons. The van der Waals surface area contributed by atoms with Crippen molar-refractivity contribution < 1.29 is 14.4 Å². The van der Waals surface area contributed by atoms with Crippen LogP contribution in [0.4, 0.5) is 0 Å². The van der Waals surface area contributed by atoms with E-state index in [1.807, 2.05) is 6.07 Å². The third kappa shape index (κ3) is 4.34. The van der Waals surface area contributed by atoms with Gasteiger partial charge in [-0.15, -0.1) is 17.9 Å². The quantitative estimate of drug-likeness (QED) is 0.529. The molecule has 0 aliphatic carbocycles. The molecule has 7 heteroatoms. The Labute approximate surface area is 186 Å². The first-order chi connectivity index (χ1) is 15.0. The number of piperidine rings is 1. The molecular weight excluding hydrogens is 410 g/mol. The predicted molar refractivity (Wildman–Crippen MR) is 121 cm³/mol. The van der Waals surface area contributed by atoms with Crippen LogP contribution in [0.2, 0.25) is 0 Å². The number of hydrogen-bond acceptors (Lipinski definition) is 5. The highest BCUT2D eigenvalue weighted by atomic mass is 32.1. The van der Waals surface area contributed by atoms with Crippen LogP contribution in [0.25, 0.3) is 0 Å². The topological polar surface area (TPSA) is 69.7 Å². The van der Waals surface area contributed by atoms with Crippen LogP contribution in [0, 0.1) is 5.92 Å². The number of fused-ring (bicyclic) bond motifs is 1. The number of hydrogen-bond donors (Lipinski definition) is 1. The van der Waals surface area contributed by atoms with E-state index >= 15 is 0 Å². The normalized spacial score (nSPS) is 18.2. The maximum atomic E-state index is 12.9. The van der Waals surface area contributed by atoms with Crippen LogP contribution in [0.1, 0.15) is 61.8 Å². The largest absolute Gasteiger partial charge is 0.350 e. The van der Waals surface area contributed by atoms with Gasteiger partial charge in [0.1, 0.15) is 0 Å². The molecule has 162 valence electrons. The van der Waals surface area contributed by atoms with Crippen molar-refractivity contribution >= 4 is 29.1 Å². The summed E-state index contributed by atoms with van der Waals surface area (Å²) in [4.78, 5) is 42.6. The second-order valence-electron chi connectivity index (χ2n) is 8.23. The lowest BCUT2D eigenvalue weighted by atomic mass is 9.97. The monoisotopic (exact) mass is 437 g/mol.